The topological polar surface area (TPSA) is 93.4 Å². The maximum absolute atomic E-state index is 12.7. The molecular weight excluding hydrogens is 430 g/mol. The molecule has 174 valence electrons. The van der Waals surface area contributed by atoms with Gasteiger partial charge >= 0.3 is 5.97 Å². The molecule has 7 heteroatoms. The highest BCUT2D eigenvalue weighted by molar-refractivity contribution is 6.09. The average Bonchev–Trinajstić information content (AvgIpc) is 3.11. The van der Waals surface area contributed by atoms with Crippen molar-refractivity contribution in [3.05, 3.63) is 82.2 Å². The first-order chi connectivity index (χ1) is 16.3. The Morgan fingerprint density at radius 3 is 2.41 bits per heavy atom. The third-order valence-corrected chi connectivity index (χ3v) is 5.43. The van der Waals surface area contributed by atoms with E-state index < -0.39 is 11.9 Å². The fraction of sp³-hybridized carbons (Fsp3) is 0.222. The summed E-state index contributed by atoms with van der Waals surface area (Å²) >= 11 is 0. The number of nitrogens with zero attached hydrogens (tertiary/aromatic N) is 2. The van der Waals surface area contributed by atoms with E-state index >= 15 is 0 Å². The van der Waals surface area contributed by atoms with E-state index in [0.29, 0.717) is 23.6 Å². The Bertz CT molecular complexity index is 1290. The first kappa shape index (κ1) is 24.3. The molecule has 0 bridgehead atoms. The number of amides is 1. The number of benzene rings is 2. The van der Waals surface area contributed by atoms with Crippen LogP contribution in [0.15, 0.2) is 54.1 Å². The second kappa shape index (κ2) is 10.5. The van der Waals surface area contributed by atoms with Crippen molar-refractivity contribution < 1.29 is 19.1 Å². The molecule has 1 heterocycles. The van der Waals surface area contributed by atoms with Crippen LogP contribution in [0.2, 0.25) is 0 Å². The van der Waals surface area contributed by atoms with Crippen molar-refractivity contribution in [2.75, 3.05) is 19.0 Å². The van der Waals surface area contributed by atoms with Crippen LogP contribution in [0.1, 0.15) is 39.8 Å². The van der Waals surface area contributed by atoms with Gasteiger partial charge in [0, 0.05) is 22.8 Å². The van der Waals surface area contributed by atoms with Crippen LogP contribution in [0.4, 0.5) is 5.69 Å². The molecule has 0 unspecified atom stereocenters. The van der Waals surface area contributed by atoms with Crippen molar-refractivity contribution in [3.63, 3.8) is 0 Å². The summed E-state index contributed by atoms with van der Waals surface area (Å²) in [5.41, 5.74) is 5.26. The largest absolute Gasteiger partial charge is 0.494 e. The third kappa shape index (κ3) is 5.18. The van der Waals surface area contributed by atoms with Crippen molar-refractivity contribution in [2.24, 2.45) is 0 Å². The summed E-state index contributed by atoms with van der Waals surface area (Å²) < 4.78 is 12.2. The summed E-state index contributed by atoms with van der Waals surface area (Å²) in [5.74, 6) is -0.211. The maximum atomic E-state index is 12.7. The predicted octanol–water partition coefficient (Wildman–Crippen LogP) is 5.13. The van der Waals surface area contributed by atoms with Crippen molar-refractivity contribution in [1.82, 2.24) is 4.57 Å². The lowest BCUT2D eigenvalue weighted by Gasteiger charge is -2.14. The molecule has 1 aromatic heterocycles. The van der Waals surface area contributed by atoms with Crippen molar-refractivity contribution in [2.45, 2.75) is 27.7 Å². The van der Waals surface area contributed by atoms with Gasteiger partial charge in [0.05, 0.1) is 19.3 Å². The molecule has 7 nitrogen and oxygen atoms in total. The summed E-state index contributed by atoms with van der Waals surface area (Å²) in [6.07, 6.45) is 1.57. The van der Waals surface area contributed by atoms with Crippen LogP contribution >= 0.6 is 0 Å². The van der Waals surface area contributed by atoms with Gasteiger partial charge < -0.3 is 19.4 Å². The number of esters is 1. The lowest BCUT2D eigenvalue weighted by Crippen LogP contribution is -2.13. The van der Waals surface area contributed by atoms with Gasteiger partial charge in [-0.3, -0.25) is 4.79 Å². The fourth-order valence-corrected chi connectivity index (χ4v) is 3.70. The number of hydrogen-bond acceptors (Lipinski definition) is 5. The molecular formula is C27H27N3O4. The minimum absolute atomic E-state index is 0.0193. The Hall–Kier alpha value is -4.31. The van der Waals surface area contributed by atoms with Gasteiger partial charge in [-0.15, -0.1) is 0 Å². The SMILES string of the molecule is CCOc1ccc(NC(=O)/C(C#N)=C\c2cc(C)n(-c3cc(C(=O)OC)ccc3C)c2C)cc1. The lowest BCUT2D eigenvalue weighted by atomic mass is 10.1. The zero-order valence-electron chi connectivity index (χ0n) is 19.9. The Morgan fingerprint density at radius 1 is 1.09 bits per heavy atom. The monoisotopic (exact) mass is 457 g/mol. The molecule has 0 aliphatic heterocycles. The van der Waals surface area contributed by atoms with Gasteiger partial charge in [-0.1, -0.05) is 6.07 Å². The highest BCUT2D eigenvalue weighted by Gasteiger charge is 2.16. The number of hydrogen-bond donors (Lipinski definition) is 1. The van der Waals surface area contributed by atoms with E-state index in [4.69, 9.17) is 9.47 Å². The van der Waals surface area contributed by atoms with Gasteiger partial charge in [0.25, 0.3) is 5.91 Å². The molecule has 0 fully saturated rings. The second-order valence-corrected chi connectivity index (χ2v) is 7.74. The summed E-state index contributed by atoms with van der Waals surface area (Å²) in [7, 11) is 1.35. The van der Waals surface area contributed by atoms with Gasteiger partial charge in [-0.2, -0.15) is 5.26 Å². The number of anilines is 1. The number of nitriles is 1. The minimum Gasteiger partial charge on any atom is -0.494 e. The zero-order chi connectivity index (χ0) is 24.8. The first-order valence-electron chi connectivity index (χ1n) is 10.8. The number of carbonyl (C=O) groups is 2. The molecule has 34 heavy (non-hydrogen) atoms. The summed E-state index contributed by atoms with van der Waals surface area (Å²) in [6.45, 7) is 8.24. The second-order valence-electron chi connectivity index (χ2n) is 7.74. The van der Waals surface area contributed by atoms with E-state index in [-0.39, 0.29) is 5.57 Å². The average molecular weight is 458 g/mol. The fourth-order valence-electron chi connectivity index (χ4n) is 3.70. The molecule has 1 amide bonds. The molecule has 0 radical (unpaired) electrons. The molecule has 3 aromatic rings. The van der Waals surface area contributed by atoms with E-state index in [2.05, 4.69) is 5.32 Å². The summed E-state index contributed by atoms with van der Waals surface area (Å²) in [6, 6.07) is 16.2. The molecule has 3 rings (SSSR count). The van der Waals surface area contributed by atoms with E-state index in [0.717, 1.165) is 28.2 Å². The number of rotatable bonds is 7. The molecule has 0 atom stereocenters. The number of nitrogens with one attached hydrogen (secondary N) is 1. The highest BCUT2D eigenvalue weighted by atomic mass is 16.5. The number of aryl methyl sites for hydroxylation is 2. The molecule has 0 spiro atoms. The smallest absolute Gasteiger partial charge is 0.337 e. The van der Waals surface area contributed by atoms with Gasteiger partial charge in [0.1, 0.15) is 17.4 Å². The number of ether oxygens (including phenoxy) is 2. The van der Waals surface area contributed by atoms with E-state index in [1.54, 1.807) is 42.5 Å². The Kier molecular flexibility index (Phi) is 7.54. The normalized spacial score (nSPS) is 11.0. The van der Waals surface area contributed by atoms with Gasteiger partial charge in [-0.05, 0) is 87.4 Å². The van der Waals surface area contributed by atoms with Crippen LogP contribution in [0, 0.1) is 32.1 Å². The maximum Gasteiger partial charge on any atom is 0.337 e. The van der Waals surface area contributed by atoms with Gasteiger partial charge in [0.2, 0.25) is 0 Å². The number of methoxy groups -OCH3 is 1. The standard InChI is InChI=1S/C27H27N3O4/c1-6-34-24-11-9-23(10-12-24)29-26(31)22(16-28)14-21-13-18(3)30(19(21)4)25-15-20(27(32)33-5)8-7-17(25)2/h7-15H,6H2,1-5H3,(H,29,31)/b22-14-. The van der Waals surface area contributed by atoms with Crippen molar-refractivity contribution in [1.29, 1.82) is 5.26 Å². The van der Waals surface area contributed by atoms with Crippen LogP contribution in [-0.2, 0) is 9.53 Å². The van der Waals surface area contributed by atoms with Gasteiger partial charge in [-0.25, -0.2) is 4.79 Å². The van der Waals surface area contributed by atoms with Crippen LogP contribution in [0.5, 0.6) is 5.75 Å². The van der Waals surface area contributed by atoms with Crippen LogP contribution < -0.4 is 10.1 Å². The van der Waals surface area contributed by atoms with Gasteiger partial charge in [0.15, 0.2) is 0 Å². The Morgan fingerprint density at radius 2 is 1.79 bits per heavy atom. The third-order valence-electron chi connectivity index (χ3n) is 5.43. The van der Waals surface area contributed by atoms with Crippen LogP contribution in [0.3, 0.4) is 0 Å². The quantitative estimate of drug-likeness (QED) is 0.301. The molecule has 2 aromatic carbocycles. The lowest BCUT2D eigenvalue weighted by molar-refractivity contribution is -0.112. The first-order valence-corrected chi connectivity index (χ1v) is 10.8. The Balaban J connectivity index is 1.93. The Labute approximate surface area is 199 Å². The minimum atomic E-state index is -0.500. The molecule has 0 aliphatic rings. The van der Waals surface area contributed by atoms with Crippen molar-refractivity contribution >= 4 is 23.6 Å². The predicted molar refractivity (Wildman–Crippen MR) is 131 cm³/mol. The van der Waals surface area contributed by atoms with Crippen molar-refractivity contribution in [3.8, 4) is 17.5 Å². The highest BCUT2D eigenvalue weighted by Crippen LogP contribution is 2.26. The number of carbonyl (C=O) groups excluding carboxylic acids is 2. The number of aromatic nitrogens is 1. The van der Waals surface area contributed by atoms with E-state index in [9.17, 15) is 14.9 Å². The zero-order valence-corrected chi connectivity index (χ0v) is 19.9. The van der Waals surface area contributed by atoms with Crippen LogP contribution in [0.25, 0.3) is 11.8 Å². The molecule has 0 saturated carbocycles. The summed E-state index contributed by atoms with van der Waals surface area (Å²) in [5, 5.41) is 12.4. The molecule has 1 N–H and O–H groups in total. The van der Waals surface area contributed by atoms with E-state index in [1.165, 1.54) is 7.11 Å². The molecule has 0 saturated heterocycles. The summed E-state index contributed by atoms with van der Waals surface area (Å²) in [4.78, 5) is 24.8. The molecule has 0 aliphatic carbocycles. The van der Waals surface area contributed by atoms with Crippen LogP contribution in [-0.4, -0.2) is 30.2 Å². The van der Waals surface area contributed by atoms with E-state index in [1.807, 2.05) is 50.5 Å².